The van der Waals surface area contributed by atoms with Gasteiger partial charge in [0.1, 0.15) is 17.6 Å². The maximum absolute atomic E-state index is 13.6. The van der Waals surface area contributed by atoms with E-state index in [2.05, 4.69) is 53.6 Å². The van der Waals surface area contributed by atoms with Crippen LogP contribution >= 0.6 is 0 Å². The summed E-state index contributed by atoms with van der Waals surface area (Å²) in [5.41, 5.74) is 5.57. The van der Waals surface area contributed by atoms with Gasteiger partial charge < -0.3 is 15.2 Å². The maximum atomic E-state index is 13.6. The number of amides is 5. The van der Waals surface area contributed by atoms with Gasteiger partial charge in [-0.05, 0) is 88.7 Å². The summed E-state index contributed by atoms with van der Waals surface area (Å²) in [4.78, 5) is 82.1. The summed E-state index contributed by atoms with van der Waals surface area (Å²) in [5, 5.41) is 10.7. The van der Waals surface area contributed by atoms with Gasteiger partial charge in [-0.1, -0.05) is 12.1 Å². The highest BCUT2D eigenvalue weighted by atomic mass is 16.2. The van der Waals surface area contributed by atoms with E-state index in [1.165, 1.54) is 12.1 Å². The van der Waals surface area contributed by atoms with Crippen LogP contribution in [0.15, 0.2) is 67.3 Å². The van der Waals surface area contributed by atoms with Gasteiger partial charge in [-0.2, -0.15) is 5.10 Å². The molecule has 0 bridgehead atoms. The number of imide groups is 2. The molecule has 5 amide bonds. The van der Waals surface area contributed by atoms with Crippen molar-refractivity contribution in [2.75, 3.05) is 36.9 Å². The van der Waals surface area contributed by atoms with E-state index >= 15 is 0 Å². The summed E-state index contributed by atoms with van der Waals surface area (Å²) in [6.45, 7) is 3.37. The van der Waals surface area contributed by atoms with Gasteiger partial charge in [0, 0.05) is 79.0 Å². The third kappa shape index (κ3) is 7.07. The standard InChI is InChI=1S/C42H44N10O5/c1-49-15-4-8-33(49)32-19-27-22-44-36(20-31(27)46-32)47-39(54)30-10-9-26(21-43-30)28-23-45-51(24-28)16-3-5-25-13-17-50(18-14-25)34-7-2-6-29-38(34)42(57)52(41(29)56)35-11-12-37(53)48-40(35)55/h2,6-7,9-10,19-25,33,35,46H,3-5,8,11-18H2,1H3,(H,44,47,54)(H,48,53,55)/t33-,35?/m1/s1. The second-order valence-electron chi connectivity index (χ2n) is 15.6. The summed E-state index contributed by atoms with van der Waals surface area (Å²) in [6.07, 6.45) is 13.7. The molecule has 0 spiro atoms. The van der Waals surface area contributed by atoms with E-state index in [-0.39, 0.29) is 18.7 Å². The van der Waals surface area contributed by atoms with Gasteiger partial charge in [0.2, 0.25) is 11.8 Å². The Kier molecular flexibility index (Phi) is 9.60. The molecule has 3 saturated heterocycles. The number of benzene rings is 1. The van der Waals surface area contributed by atoms with Crippen LogP contribution in [0.25, 0.3) is 22.0 Å². The van der Waals surface area contributed by atoms with Crippen molar-refractivity contribution in [1.82, 2.24) is 39.8 Å². The van der Waals surface area contributed by atoms with Gasteiger partial charge in [0.15, 0.2) is 0 Å². The molecule has 292 valence electrons. The average Bonchev–Trinajstić information content (AvgIpc) is 4.02. The van der Waals surface area contributed by atoms with Crippen molar-refractivity contribution in [2.45, 2.75) is 70.0 Å². The molecule has 15 nitrogen and oxygen atoms in total. The monoisotopic (exact) mass is 768 g/mol. The van der Waals surface area contributed by atoms with Crippen molar-refractivity contribution in [2.24, 2.45) is 5.92 Å². The molecule has 3 fully saturated rings. The number of hydrogen-bond acceptors (Lipinski definition) is 10. The quantitative estimate of drug-likeness (QED) is 0.165. The second-order valence-corrected chi connectivity index (χ2v) is 15.6. The SMILES string of the molecule is CN1CCC[C@@H]1c1cc2cnc(NC(=O)c3ccc(-c4cnn(CCCC5CCN(c6cccc7c6C(=O)N(C6CCC(=O)NC6=O)C7=O)CC5)c4)cn3)cc2[nH]1. The number of anilines is 2. The highest BCUT2D eigenvalue weighted by molar-refractivity contribution is 6.25. The summed E-state index contributed by atoms with van der Waals surface area (Å²) < 4.78 is 1.94. The minimum atomic E-state index is -0.983. The summed E-state index contributed by atoms with van der Waals surface area (Å²) in [5.74, 6) is -1.31. The minimum absolute atomic E-state index is 0.0877. The van der Waals surface area contributed by atoms with Crippen LogP contribution in [0.4, 0.5) is 11.5 Å². The topological polar surface area (TPSA) is 179 Å². The molecule has 15 heteroatoms. The van der Waals surface area contributed by atoms with Crippen LogP contribution in [0.1, 0.15) is 94.3 Å². The maximum Gasteiger partial charge on any atom is 0.275 e. The van der Waals surface area contributed by atoms with Gasteiger partial charge in [-0.15, -0.1) is 0 Å². The number of aromatic amines is 1. The van der Waals surface area contributed by atoms with Crippen LogP contribution < -0.4 is 15.5 Å². The molecule has 0 saturated carbocycles. The molecule has 5 aromatic rings. The molecule has 0 aliphatic carbocycles. The molecule has 57 heavy (non-hydrogen) atoms. The number of nitrogens with zero attached hydrogens (tertiary/aromatic N) is 7. The number of nitrogens with one attached hydrogen (secondary N) is 3. The first-order valence-electron chi connectivity index (χ1n) is 19.8. The largest absolute Gasteiger partial charge is 0.371 e. The lowest BCUT2D eigenvalue weighted by Crippen LogP contribution is -2.54. The van der Waals surface area contributed by atoms with E-state index in [1.54, 1.807) is 30.6 Å². The van der Waals surface area contributed by atoms with E-state index in [0.717, 1.165) is 90.9 Å². The van der Waals surface area contributed by atoms with E-state index in [1.807, 2.05) is 35.3 Å². The minimum Gasteiger partial charge on any atom is -0.371 e. The van der Waals surface area contributed by atoms with E-state index in [9.17, 15) is 24.0 Å². The molecule has 8 heterocycles. The van der Waals surface area contributed by atoms with Crippen molar-refractivity contribution in [3.63, 3.8) is 0 Å². The molecule has 1 unspecified atom stereocenters. The number of rotatable bonds is 10. The zero-order chi connectivity index (χ0) is 39.2. The molecular formula is C42H44N10O5. The number of piperidine rings is 2. The average molecular weight is 769 g/mol. The molecule has 2 atom stereocenters. The van der Waals surface area contributed by atoms with Gasteiger partial charge in [-0.3, -0.25) is 48.8 Å². The predicted octanol–water partition coefficient (Wildman–Crippen LogP) is 4.94. The Balaban J connectivity index is 0.753. The lowest BCUT2D eigenvalue weighted by atomic mass is 9.91. The molecule has 3 N–H and O–H groups in total. The Morgan fingerprint density at radius 2 is 1.75 bits per heavy atom. The van der Waals surface area contributed by atoms with Crippen molar-refractivity contribution < 1.29 is 24.0 Å². The fraction of sp³-hybridized carbons (Fsp3) is 0.381. The van der Waals surface area contributed by atoms with E-state index in [0.29, 0.717) is 34.6 Å². The molecule has 0 radical (unpaired) electrons. The number of aromatic nitrogens is 5. The Morgan fingerprint density at radius 1 is 0.895 bits per heavy atom. The number of fused-ring (bicyclic) bond motifs is 2. The molecule has 4 aromatic heterocycles. The van der Waals surface area contributed by atoms with Crippen molar-refractivity contribution in [1.29, 1.82) is 0 Å². The molecule has 9 rings (SSSR count). The predicted molar refractivity (Wildman–Crippen MR) is 211 cm³/mol. The van der Waals surface area contributed by atoms with Gasteiger partial charge >= 0.3 is 0 Å². The number of hydrogen-bond donors (Lipinski definition) is 3. The van der Waals surface area contributed by atoms with Crippen molar-refractivity contribution >= 4 is 51.9 Å². The third-order valence-electron chi connectivity index (χ3n) is 12.0. The van der Waals surface area contributed by atoms with Crippen LogP contribution in [0, 0.1) is 5.92 Å². The second kappa shape index (κ2) is 15.0. The number of aryl methyl sites for hydroxylation is 1. The summed E-state index contributed by atoms with van der Waals surface area (Å²) >= 11 is 0. The van der Waals surface area contributed by atoms with Crippen LogP contribution in [-0.2, 0) is 16.1 Å². The number of carbonyl (C=O) groups is 5. The summed E-state index contributed by atoms with van der Waals surface area (Å²) in [7, 11) is 2.14. The van der Waals surface area contributed by atoms with Gasteiger partial charge in [-0.25, -0.2) is 4.98 Å². The van der Waals surface area contributed by atoms with Crippen LogP contribution in [0.5, 0.6) is 0 Å². The Labute approximate surface area is 328 Å². The first-order valence-corrected chi connectivity index (χ1v) is 19.8. The van der Waals surface area contributed by atoms with E-state index < -0.39 is 29.7 Å². The molecule has 1 aromatic carbocycles. The first-order chi connectivity index (χ1) is 27.7. The normalized spacial score (nSPS) is 20.4. The Bertz CT molecular complexity index is 2400. The highest BCUT2D eigenvalue weighted by Crippen LogP contribution is 2.37. The lowest BCUT2D eigenvalue weighted by molar-refractivity contribution is -0.136. The lowest BCUT2D eigenvalue weighted by Gasteiger charge is -2.34. The fourth-order valence-electron chi connectivity index (χ4n) is 8.88. The number of carbonyl (C=O) groups excluding carboxylic acids is 5. The van der Waals surface area contributed by atoms with Crippen LogP contribution in [0.3, 0.4) is 0 Å². The first kappa shape index (κ1) is 36.4. The molecule has 4 aliphatic rings. The smallest absolute Gasteiger partial charge is 0.275 e. The Hall–Kier alpha value is -6.22. The Morgan fingerprint density at radius 3 is 2.53 bits per heavy atom. The fourth-order valence-corrected chi connectivity index (χ4v) is 8.88. The summed E-state index contributed by atoms with van der Waals surface area (Å²) in [6, 6.07) is 12.3. The van der Waals surface area contributed by atoms with Crippen molar-refractivity contribution in [3.05, 3.63) is 89.8 Å². The zero-order valence-corrected chi connectivity index (χ0v) is 31.7. The van der Waals surface area contributed by atoms with Gasteiger partial charge in [0.25, 0.3) is 17.7 Å². The van der Waals surface area contributed by atoms with Crippen LogP contribution in [-0.4, -0.2) is 96.8 Å². The van der Waals surface area contributed by atoms with E-state index in [4.69, 9.17) is 0 Å². The van der Waals surface area contributed by atoms with Crippen LogP contribution in [0.2, 0.25) is 0 Å². The number of pyridine rings is 2. The molecule has 4 aliphatic heterocycles. The van der Waals surface area contributed by atoms with Crippen molar-refractivity contribution in [3.8, 4) is 11.1 Å². The molecular weight excluding hydrogens is 725 g/mol. The third-order valence-corrected chi connectivity index (χ3v) is 12.0. The highest BCUT2D eigenvalue weighted by Gasteiger charge is 2.46. The zero-order valence-electron chi connectivity index (χ0n) is 31.7. The number of H-pyrrole nitrogens is 1. The van der Waals surface area contributed by atoms with Gasteiger partial charge in [0.05, 0.1) is 28.5 Å². The number of likely N-dealkylation sites (tertiary alicyclic amines) is 1.